The van der Waals surface area contributed by atoms with Crippen molar-refractivity contribution in [3.63, 3.8) is 0 Å². The van der Waals surface area contributed by atoms with Crippen LogP contribution in [0.4, 0.5) is 0 Å². The van der Waals surface area contributed by atoms with Crippen LogP contribution in [-0.4, -0.2) is 31.7 Å². The standard InChI is InChI=1S/C14H17BrN4O2/c1-2-5-10(14(20)21)11(13-16-18-19-17-13)8-9-6-3-4-7-12(9)15/h3-4,6-7,10-11H,2,5,8H2,1H3,(H,20,21)(H,16,17,18,19). The molecule has 0 saturated heterocycles. The number of benzene rings is 1. The number of nitrogens with zero attached hydrogens (tertiary/aromatic N) is 3. The number of aromatic nitrogens is 4. The second-order valence-electron chi connectivity index (χ2n) is 4.91. The van der Waals surface area contributed by atoms with E-state index in [-0.39, 0.29) is 5.92 Å². The van der Waals surface area contributed by atoms with Crippen LogP contribution in [0.3, 0.4) is 0 Å². The minimum Gasteiger partial charge on any atom is -0.481 e. The van der Waals surface area contributed by atoms with Crippen LogP contribution in [0.2, 0.25) is 0 Å². The summed E-state index contributed by atoms with van der Waals surface area (Å²) in [5.41, 5.74) is 1.04. The lowest BCUT2D eigenvalue weighted by molar-refractivity contribution is -0.142. The van der Waals surface area contributed by atoms with Gasteiger partial charge in [-0.3, -0.25) is 4.79 Å². The summed E-state index contributed by atoms with van der Waals surface area (Å²) in [6.07, 6.45) is 1.93. The molecule has 112 valence electrons. The molecule has 0 aliphatic carbocycles. The van der Waals surface area contributed by atoms with Crippen molar-refractivity contribution < 1.29 is 9.90 Å². The smallest absolute Gasteiger partial charge is 0.307 e. The average Bonchev–Trinajstić information content (AvgIpc) is 2.98. The highest BCUT2D eigenvalue weighted by molar-refractivity contribution is 9.10. The van der Waals surface area contributed by atoms with Crippen molar-refractivity contribution in [3.05, 3.63) is 40.1 Å². The molecule has 0 bridgehead atoms. The topological polar surface area (TPSA) is 91.8 Å². The molecule has 1 heterocycles. The Balaban J connectivity index is 2.32. The van der Waals surface area contributed by atoms with Crippen molar-refractivity contribution in [1.82, 2.24) is 20.6 Å². The van der Waals surface area contributed by atoms with Gasteiger partial charge in [0, 0.05) is 10.4 Å². The molecule has 2 N–H and O–H groups in total. The Kier molecular flexibility index (Phi) is 5.44. The Morgan fingerprint density at radius 1 is 1.43 bits per heavy atom. The van der Waals surface area contributed by atoms with E-state index < -0.39 is 11.9 Å². The molecule has 2 rings (SSSR count). The molecule has 21 heavy (non-hydrogen) atoms. The predicted octanol–water partition coefficient (Wildman–Crippen LogP) is 2.79. The van der Waals surface area contributed by atoms with E-state index in [1.54, 1.807) is 0 Å². The van der Waals surface area contributed by atoms with Crippen molar-refractivity contribution in [2.24, 2.45) is 5.92 Å². The summed E-state index contributed by atoms with van der Waals surface area (Å²) >= 11 is 3.50. The molecule has 2 atom stereocenters. The number of carboxylic acids is 1. The van der Waals surface area contributed by atoms with Crippen LogP contribution in [0.25, 0.3) is 0 Å². The van der Waals surface area contributed by atoms with E-state index in [4.69, 9.17) is 0 Å². The van der Waals surface area contributed by atoms with Gasteiger partial charge in [-0.05, 0) is 24.5 Å². The summed E-state index contributed by atoms with van der Waals surface area (Å²) in [5, 5.41) is 23.5. The zero-order valence-electron chi connectivity index (χ0n) is 11.7. The fourth-order valence-electron chi connectivity index (χ4n) is 2.45. The Morgan fingerprint density at radius 2 is 2.19 bits per heavy atom. The predicted molar refractivity (Wildman–Crippen MR) is 80.8 cm³/mol. The van der Waals surface area contributed by atoms with Gasteiger partial charge in [0.15, 0.2) is 5.82 Å². The number of hydrogen-bond acceptors (Lipinski definition) is 4. The van der Waals surface area contributed by atoms with Gasteiger partial charge in [-0.25, -0.2) is 0 Å². The number of carbonyl (C=O) groups is 1. The van der Waals surface area contributed by atoms with E-state index >= 15 is 0 Å². The second kappa shape index (κ2) is 7.31. The zero-order valence-corrected chi connectivity index (χ0v) is 13.2. The van der Waals surface area contributed by atoms with E-state index in [9.17, 15) is 9.90 Å². The maximum absolute atomic E-state index is 11.6. The summed E-state index contributed by atoms with van der Waals surface area (Å²) < 4.78 is 0.958. The van der Waals surface area contributed by atoms with Crippen LogP contribution < -0.4 is 0 Å². The highest BCUT2D eigenvalue weighted by Crippen LogP contribution is 2.31. The van der Waals surface area contributed by atoms with E-state index in [1.807, 2.05) is 31.2 Å². The molecule has 1 aromatic carbocycles. The highest BCUT2D eigenvalue weighted by Gasteiger charge is 2.32. The van der Waals surface area contributed by atoms with E-state index in [2.05, 4.69) is 36.6 Å². The minimum absolute atomic E-state index is 0.306. The van der Waals surface area contributed by atoms with E-state index in [0.29, 0.717) is 18.7 Å². The van der Waals surface area contributed by atoms with Crippen molar-refractivity contribution in [2.45, 2.75) is 32.1 Å². The second-order valence-corrected chi connectivity index (χ2v) is 5.76. The third-order valence-electron chi connectivity index (χ3n) is 3.49. The monoisotopic (exact) mass is 352 g/mol. The van der Waals surface area contributed by atoms with Crippen LogP contribution in [0.5, 0.6) is 0 Å². The molecule has 1 aromatic heterocycles. The number of halogens is 1. The lowest BCUT2D eigenvalue weighted by Crippen LogP contribution is -2.25. The summed E-state index contributed by atoms with van der Waals surface area (Å²) in [4.78, 5) is 11.6. The lowest BCUT2D eigenvalue weighted by atomic mass is 9.83. The van der Waals surface area contributed by atoms with Gasteiger partial charge in [0.05, 0.1) is 5.92 Å². The first-order chi connectivity index (χ1) is 10.1. The first kappa shape index (κ1) is 15.6. The molecule has 0 saturated carbocycles. The normalized spacial score (nSPS) is 13.8. The molecule has 2 unspecified atom stereocenters. The fourth-order valence-corrected chi connectivity index (χ4v) is 2.90. The number of nitrogens with one attached hydrogen (secondary N) is 1. The molecular formula is C14H17BrN4O2. The number of aliphatic carboxylic acids is 1. The number of H-pyrrole nitrogens is 1. The average molecular weight is 353 g/mol. The third kappa shape index (κ3) is 3.87. The molecule has 0 aliphatic rings. The number of aromatic amines is 1. The van der Waals surface area contributed by atoms with Crippen molar-refractivity contribution in [1.29, 1.82) is 0 Å². The van der Waals surface area contributed by atoms with Gasteiger partial charge in [0.1, 0.15) is 0 Å². The zero-order chi connectivity index (χ0) is 15.2. The molecule has 0 amide bonds. The molecular weight excluding hydrogens is 336 g/mol. The lowest BCUT2D eigenvalue weighted by Gasteiger charge is -2.21. The molecule has 0 fully saturated rings. The van der Waals surface area contributed by atoms with Crippen molar-refractivity contribution in [3.8, 4) is 0 Å². The largest absolute Gasteiger partial charge is 0.481 e. The number of hydrogen-bond donors (Lipinski definition) is 2. The van der Waals surface area contributed by atoms with Gasteiger partial charge in [0.2, 0.25) is 0 Å². The highest BCUT2D eigenvalue weighted by atomic mass is 79.9. The molecule has 0 radical (unpaired) electrons. The van der Waals surface area contributed by atoms with Crippen LogP contribution in [0, 0.1) is 5.92 Å². The van der Waals surface area contributed by atoms with Crippen molar-refractivity contribution >= 4 is 21.9 Å². The van der Waals surface area contributed by atoms with E-state index in [1.165, 1.54) is 0 Å². The number of tetrazole rings is 1. The van der Waals surface area contributed by atoms with Gasteiger partial charge >= 0.3 is 5.97 Å². The minimum atomic E-state index is -0.821. The molecule has 0 spiro atoms. The third-order valence-corrected chi connectivity index (χ3v) is 4.27. The van der Waals surface area contributed by atoms with Crippen LogP contribution in [0.1, 0.15) is 37.1 Å². The first-order valence-electron chi connectivity index (χ1n) is 6.83. The van der Waals surface area contributed by atoms with Gasteiger partial charge in [-0.15, -0.1) is 10.2 Å². The van der Waals surface area contributed by atoms with Gasteiger partial charge in [0.25, 0.3) is 0 Å². The van der Waals surface area contributed by atoms with Crippen LogP contribution in [0.15, 0.2) is 28.7 Å². The summed E-state index contributed by atoms with van der Waals surface area (Å²) in [6, 6.07) is 7.78. The molecule has 6 nitrogen and oxygen atoms in total. The van der Waals surface area contributed by atoms with Gasteiger partial charge in [-0.1, -0.05) is 52.7 Å². The Labute approximate surface area is 131 Å². The van der Waals surface area contributed by atoms with E-state index in [0.717, 1.165) is 16.5 Å². The Morgan fingerprint density at radius 3 is 2.76 bits per heavy atom. The summed E-state index contributed by atoms with van der Waals surface area (Å²) in [5.74, 6) is -1.20. The fraction of sp³-hybridized carbons (Fsp3) is 0.429. The van der Waals surface area contributed by atoms with Gasteiger partial charge < -0.3 is 5.11 Å². The summed E-state index contributed by atoms with van der Waals surface area (Å²) in [7, 11) is 0. The van der Waals surface area contributed by atoms with Crippen molar-refractivity contribution in [2.75, 3.05) is 0 Å². The molecule has 7 heteroatoms. The maximum Gasteiger partial charge on any atom is 0.307 e. The quantitative estimate of drug-likeness (QED) is 0.799. The molecule has 0 aliphatic heterocycles. The number of rotatable bonds is 7. The molecule has 2 aromatic rings. The number of carboxylic acid groups (broad SMARTS) is 1. The Bertz CT molecular complexity index is 588. The SMILES string of the molecule is CCCC(C(=O)O)C(Cc1ccccc1Br)c1nn[nH]n1. The Hall–Kier alpha value is -1.76. The first-order valence-corrected chi connectivity index (χ1v) is 7.62. The maximum atomic E-state index is 11.6. The van der Waals surface area contributed by atoms with Gasteiger partial charge in [-0.2, -0.15) is 5.21 Å². The summed E-state index contributed by atoms with van der Waals surface area (Å²) in [6.45, 7) is 1.97. The van der Waals surface area contributed by atoms with Crippen LogP contribution in [-0.2, 0) is 11.2 Å². The van der Waals surface area contributed by atoms with Crippen LogP contribution >= 0.6 is 15.9 Å².